The Morgan fingerprint density at radius 3 is 2.58 bits per heavy atom. The molecule has 1 aliphatic heterocycles. The van der Waals surface area contributed by atoms with Gasteiger partial charge < -0.3 is 16.0 Å². The van der Waals surface area contributed by atoms with Crippen molar-refractivity contribution in [1.29, 1.82) is 0 Å². The molecule has 0 saturated carbocycles. The highest BCUT2D eigenvalue weighted by molar-refractivity contribution is 14.0. The van der Waals surface area contributed by atoms with Gasteiger partial charge in [0.15, 0.2) is 5.96 Å². The van der Waals surface area contributed by atoms with E-state index in [2.05, 4.69) is 43.4 Å². The van der Waals surface area contributed by atoms with Crippen molar-refractivity contribution in [2.75, 3.05) is 39.8 Å². The van der Waals surface area contributed by atoms with E-state index in [0.717, 1.165) is 19.6 Å². The number of rotatable bonds is 8. The molecule has 1 aromatic carbocycles. The summed E-state index contributed by atoms with van der Waals surface area (Å²) in [7, 11) is 1.74. The minimum absolute atomic E-state index is 0. The van der Waals surface area contributed by atoms with E-state index >= 15 is 0 Å². The van der Waals surface area contributed by atoms with Gasteiger partial charge in [0.2, 0.25) is 0 Å². The summed E-state index contributed by atoms with van der Waals surface area (Å²) >= 11 is 1.79. The van der Waals surface area contributed by atoms with Gasteiger partial charge in [-0.2, -0.15) is 0 Å². The number of thiophene rings is 1. The number of amides is 1. The summed E-state index contributed by atoms with van der Waals surface area (Å²) in [5.74, 6) is 0.0421. The maximum Gasteiger partial charge on any atom is 0.251 e. The fourth-order valence-electron chi connectivity index (χ4n) is 3.55. The molecule has 3 rings (SSSR count). The molecule has 170 valence electrons. The van der Waals surface area contributed by atoms with Gasteiger partial charge >= 0.3 is 0 Å². The Balaban J connectivity index is 0.00000341. The predicted molar refractivity (Wildman–Crippen MR) is 136 cm³/mol. The molecule has 2 aromatic rings. The molecular formula is C22H31FIN5OS. The van der Waals surface area contributed by atoms with Crippen LogP contribution in [0, 0.1) is 12.7 Å². The van der Waals surface area contributed by atoms with E-state index in [1.807, 2.05) is 0 Å². The highest BCUT2D eigenvalue weighted by atomic mass is 127. The summed E-state index contributed by atoms with van der Waals surface area (Å²) in [4.78, 5) is 20.3. The van der Waals surface area contributed by atoms with E-state index in [1.54, 1.807) is 37.4 Å². The molecule has 3 N–H and O–H groups in total. The zero-order valence-corrected chi connectivity index (χ0v) is 21.1. The second-order valence-corrected chi connectivity index (χ2v) is 8.35. The second kappa shape index (κ2) is 13.0. The number of hydrogen-bond acceptors (Lipinski definition) is 4. The number of likely N-dealkylation sites (tertiary alicyclic amines) is 1. The fourth-order valence-corrected chi connectivity index (χ4v) is 4.41. The third-order valence-corrected chi connectivity index (χ3v) is 6.25. The van der Waals surface area contributed by atoms with Crippen molar-refractivity contribution in [2.24, 2.45) is 4.99 Å². The molecule has 9 heteroatoms. The highest BCUT2D eigenvalue weighted by Crippen LogP contribution is 2.27. The van der Waals surface area contributed by atoms with E-state index in [9.17, 15) is 9.18 Å². The molecule has 0 spiro atoms. The van der Waals surface area contributed by atoms with E-state index < -0.39 is 0 Å². The summed E-state index contributed by atoms with van der Waals surface area (Å²) < 4.78 is 13.6. The van der Waals surface area contributed by atoms with Crippen LogP contribution in [0.2, 0.25) is 0 Å². The van der Waals surface area contributed by atoms with Crippen molar-refractivity contribution in [1.82, 2.24) is 20.9 Å². The van der Waals surface area contributed by atoms with E-state index in [1.165, 1.54) is 23.8 Å². The molecule has 0 radical (unpaired) electrons. The molecule has 31 heavy (non-hydrogen) atoms. The molecule has 1 unspecified atom stereocenters. The van der Waals surface area contributed by atoms with Crippen molar-refractivity contribution < 1.29 is 9.18 Å². The van der Waals surface area contributed by atoms with Gasteiger partial charge in [0.1, 0.15) is 5.82 Å². The first-order valence-electron chi connectivity index (χ1n) is 10.3. The van der Waals surface area contributed by atoms with E-state index in [-0.39, 0.29) is 35.7 Å². The van der Waals surface area contributed by atoms with Crippen molar-refractivity contribution in [3.05, 3.63) is 57.5 Å². The first kappa shape index (κ1) is 25.5. The lowest BCUT2D eigenvalue weighted by atomic mass is 10.1. The van der Waals surface area contributed by atoms with Crippen LogP contribution < -0.4 is 16.0 Å². The van der Waals surface area contributed by atoms with E-state index in [4.69, 9.17) is 0 Å². The maximum atomic E-state index is 13.6. The molecule has 1 aliphatic rings. The Morgan fingerprint density at radius 1 is 1.19 bits per heavy atom. The second-order valence-electron chi connectivity index (χ2n) is 7.37. The lowest BCUT2D eigenvalue weighted by Crippen LogP contribution is -2.44. The average molecular weight is 559 g/mol. The fraction of sp³-hybridized carbons (Fsp3) is 0.455. The van der Waals surface area contributed by atoms with Gasteiger partial charge in [0.05, 0.1) is 6.04 Å². The van der Waals surface area contributed by atoms with Gasteiger partial charge in [-0.05, 0) is 62.0 Å². The van der Waals surface area contributed by atoms with Gasteiger partial charge in [-0.1, -0.05) is 12.1 Å². The third-order valence-electron chi connectivity index (χ3n) is 5.28. The van der Waals surface area contributed by atoms with Gasteiger partial charge in [0, 0.05) is 37.1 Å². The maximum absolute atomic E-state index is 13.6. The summed E-state index contributed by atoms with van der Waals surface area (Å²) in [6.07, 6.45) is 2.50. The topological polar surface area (TPSA) is 68.8 Å². The quantitative estimate of drug-likeness (QED) is 0.200. The number of aryl methyl sites for hydroxylation is 1. The van der Waals surface area contributed by atoms with Crippen LogP contribution in [0.25, 0.3) is 0 Å². The standard InChI is InChI=1S/C22H30FN5OS.HI/c1-16-7-8-17(14-18(16)23)21(29)25-9-10-26-22(24-2)27-15-19(20-6-5-13-30-20)28-11-3-4-12-28;/h5-8,13-14,19H,3-4,9-12,15H2,1-2H3,(H,25,29)(H2,24,26,27);1H. The lowest BCUT2D eigenvalue weighted by molar-refractivity contribution is 0.0954. The number of benzene rings is 1. The normalized spacial score (nSPS) is 15.3. The van der Waals surface area contributed by atoms with Crippen LogP contribution >= 0.6 is 35.3 Å². The monoisotopic (exact) mass is 559 g/mol. The molecular weight excluding hydrogens is 528 g/mol. The van der Waals surface area contributed by atoms with Crippen LogP contribution in [0.5, 0.6) is 0 Å². The van der Waals surface area contributed by atoms with Crippen LogP contribution in [0.4, 0.5) is 4.39 Å². The molecule has 6 nitrogen and oxygen atoms in total. The number of carbonyl (C=O) groups is 1. The summed E-state index contributed by atoms with van der Waals surface area (Å²) in [6.45, 7) is 5.63. The smallest absolute Gasteiger partial charge is 0.251 e. The Morgan fingerprint density at radius 2 is 1.94 bits per heavy atom. The number of nitrogens with one attached hydrogen (secondary N) is 3. The van der Waals surface area contributed by atoms with Crippen molar-refractivity contribution in [3.63, 3.8) is 0 Å². The van der Waals surface area contributed by atoms with Crippen LogP contribution in [0.15, 0.2) is 40.7 Å². The molecule has 1 atom stereocenters. The zero-order chi connectivity index (χ0) is 21.3. The van der Waals surface area contributed by atoms with Gasteiger partial charge in [-0.25, -0.2) is 4.39 Å². The van der Waals surface area contributed by atoms with Gasteiger partial charge in [0.25, 0.3) is 5.91 Å². The van der Waals surface area contributed by atoms with E-state index in [0.29, 0.717) is 36.2 Å². The molecule has 1 aromatic heterocycles. The van der Waals surface area contributed by atoms with Crippen LogP contribution in [-0.4, -0.2) is 56.5 Å². The lowest BCUT2D eigenvalue weighted by Gasteiger charge is -2.27. The summed E-state index contributed by atoms with van der Waals surface area (Å²) in [6, 6.07) is 9.13. The first-order valence-corrected chi connectivity index (χ1v) is 11.2. The molecule has 0 aliphatic carbocycles. The van der Waals surface area contributed by atoms with Crippen LogP contribution in [0.1, 0.15) is 39.7 Å². The number of nitrogens with zero attached hydrogens (tertiary/aromatic N) is 2. The largest absolute Gasteiger partial charge is 0.355 e. The number of guanidine groups is 1. The van der Waals surface area contributed by atoms with Crippen LogP contribution in [-0.2, 0) is 0 Å². The molecule has 1 fully saturated rings. The molecule has 2 heterocycles. The van der Waals surface area contributed by atoms with Crippen molar-refractivity contribution >= 4 is 47.2 Å². The Bertz CT molecular complexity index is 856. The van der Waals surface area contributed by atoms with Gasteiger partial charge in [-0.15, -0.1) is 35.3 Å². The highest BCUT2D eigenvalue weighted by Gasteiger charge is 2.24. The zero-order valence-electron chi connectivity index (χ0n) is 18.0. The summed E-state index contributed by atoms with van der Waals surface area (Å²) in [5.41, 5.74) is 0.850. The minimum Gasteiger partial charge on any atom is -0.355 e. The van der Waals surface area contributed by atoms with Crippen LogP contribution in [0.3, 0.4) is 0 Å². The average Bonchev–Trinajstić information content (AvgIpc) is 3.46. The Kier molecular flexibility index (Phi) is 10.7. The van der Waals surface area contributed by atoms with Crippen molar-refractivity contribution in [2.45, 2.75) is 25.8 Å². The third kappa shape index (κ3) is 7.43. The Hall–Kier alpha value is -1.72. The number of hydrogen-bond donors (Lipinski definition) is 3. The SMILES string of the molecule is CN=C(NCCNC(=O)c1ccc(C)c(F)c1)NCC(c1cccs1)N1CCCC1.I. The number of aliphatic imine (C=N–C) groups is 1. The molecule has 1 amide bonds. The molecule has 1 saturated heterocycles. The minimum atomic E-state index is -0.372. The van der Waals surface area contributed by atoms with Gasteiger partial charge in [-0.3, -0.25) is 14.7 Å². The number of halogens is 2. The number of carbonyl (C=O) groups excluding carboxylic acids is 1. The first-order chi connectivity index (χ1) is 14.6. The summed E-state index contributed by atoms with van der Waals surface area (Å²) in [5, 5.41) is 11.6. The predicted octanol–water partition coefficient (Wildman–Crippen LogP) is 3.55. The Labute approximate surface area is 204 Å². The van der Waals surface area contributed by atoms with Crippen molar-refractivity contribution in [3.8, 4) is 0 Å². The molecule has 0 bridgehead atoms.